The number of rotatable bonds is 8. The molecule has 2 nitrogen and oxygen atoms in total. The lowest BCUT2D eigenvalue weighted by atomic mass is 9.90. The minimum atomic E-state index is -0.179. The molecule has 0 aliphatic carbocycles. The molecule has 1 heterocycles. The maximum Gasteiger partial charge on any atom is 0.132 e. The Hall–Kier alpha value is -1.77. The molecule has 1 aromatic rings. The number of hydrogen-bond acceptors (Lipinski definition) is 2. The van der Waals surface area contributed by atoms with Crippen LogP contribution in [0.1, 0.15) is 98.6 Å². The van der Waals surface area contributed by atoms with Crippen LogP contribution in [0.25, 0.3) is 5.70 Å². The monoisotopic (exact) mass is 444 g/mol. The standard InChI is InChI=1S/C24H37FN2.C5H12/c1-18(2)27-15-13-20(14-16-27)9-7-8-10-21-11-12-22(23(25)17-21)19(3)26-24(4,5)6;1-5(2,3)4/h11-12,17,20,26H,1,3,7-10,13-16H2,2,4-6H3;1-4H3. The molecule has 1 fully saturated rings. The van der Waals surface area contributed by atoms with E-state index >= 15 is 0 Å². The Bertz CT molecular complexity index is 723. The van der Waals surface area contributed by atoms with Crippen LogP contribution in [0.3, 0.4) is 0 Å². The van der Waals surface area contributed by atoms with Crippen LogP contribution >= 0.6 is 0 Å². The molecular weight excluding hydrogens is 395 g/mol. The number of piperidine rings is 1. The van der Waals surface area contributed by atoms with Gasteiger partial charge >= 0.3 is 0 Å². The maximum atomic E-state index is 14.5. The Kier molecular flexibility index (Phi) is 11.0. The van der Waals surface area contributed by atoms with Crippen LogP contribution in [-0.2, 0) is 6.42 Å². The van der Waals surface area contributed by atoms with Crippen molar-refractivity contribution in [2.45, 2.75) is 99.5 Å². The summed E-state index contributed by atoms with van der Waals surface area (Å²) in [4.78, 5) is 2.39. The molecule has 0 atom stereocenters. The highest BCUT2D eigenvalue weighted by atomic mass is 19.1. The Balaban J connectivity index is 0.000000920. The molecule has 182 valence electrons. The van der Waals surface area contributed by atoms with Crippen molar-refractivity contribution in [2.24, 2.45) is 11.3 Å². The molecule has 1 aliphatic heterocycles. The van der Waals surface area contributed by atoms with Crippen molar-refractivity contribution < 1.29 is 4.39 Å². The fourth-order valence-corrected chi connectivity index (χ4v) is 3.84. The lowest BCUT2D eigenvalue weighted by molar-refractivity contribution is 0.217. The van der Waals surface area contributed by atoms with Gasteiger partial charge in [-0.25, -0.2) is 4.39 Å². The number of nitrogens with one attached hydrogen (secondary N) is 1. The van der Waals surface area contributed by atoms with E-state index in [1.54, 1.807) is 6.07 Å². The van der Waals surface area contributed by atoms with Crippen molar-refractivity contribution in [3.63, 3.8) is 0 Å². The molecule has 0 amide bonds. The van der Waals surface area contributed by atoms with E-state index in [1.165, 1.54) is 31.4 Å². The Labute approximate surface area is 198 Å². The SMILES string of the molecule is C=C(NC(C)(C)C)c1ccc(CCCCC2CCN(C(=C)C)CC2)cc1F.CC(C)(C)C. The van der Waals surface area contributed by atoms with E-state index in [2.05, 4.69) is 58.0 Å². The molecule has 1 N–H and O–H groups in total. The lowest BCUT2D eigenvalue weighted by Gasteiger charge is -2.33. The molecule has 32 heavy (non-hydrogen) atoms. The zero-order chi connectivity index (χ0) is 24.5. The summed E-state index contributed by atoms with van der Waals surface area (Å²) in [6, 6.07) is 5.58. The molecule has 0 saturated carbocycles. The Morgan fingerprint density at radius 3 is 2.06 bits per heavy atom. The normalized spacial score (nSPS) is 15.1. The summed E-state index contributed by atoms with van der Waals surface area (Å²) < 4.78 is 14.5. The van der Waals surface area contributed by atoms with Gasteiger partial charge in [-0.15, -0.1) is 0 Å². The molecule has 0 radical (unpaired) electrons. The smallest absolute Gasteiger partial charge is 0.132 e. The molecule has 1 aromatic carbocycles. The third-order valence-corrected chi connectivity index (χ3v) is 5.37. The minimum absolute atomic E-state index is 0.122. The second-order valence-electron chi connectivity index (χ2n) is 12.1. The average Bonchev–Trinajstić information content (AvgIpc) is 2.63. The van der Waals surface area contributed by atoms with Gasteiger partial charge in [-0.3, -0.25) is 0 Å². The summed E-state index contributed by atoms with van der Waals surface area (Å²) in [6.45, 7) is 27.3. The van der Waals surface area contributed by atoms with E-state index in [1.807, 2.05) is 32.9 Å². The van der Waals surface area contributed by atoms with Crippen molar-refractivity contribution in [2.75, 3.05) is 13.1 Å². The summed E-state index contributed by atoms with van der Waals surface area (Å²) in [6.07, 6.45) is 7.14. The van der Waals surface area contributed by atoms with Crippen LogP contribution < -0.4 is 5.32 Å². The van der Waals surface area contributed by atoms with Gasteiger partial charge in [0.05, 0.1) is 0 Å². The molecule has 2 rings (SSSR count). The Morgan fingerprint density at radius 2 is 1.59 bits per heavy atom. The van der Waals surface area contributed by atoms with E-state index in [0.717, 1.165) is 37.4 Å². The van der Waals surface area contributed by atoms with Gasteiger partial charge in [0.1, 0.15) is 5.82 Å². The third kappa shape index (κ3) is 12.3. The molecule has 0 aromatic heterocycles. The topological polar surface area (TPSA) is 15.3 Å². The van der Waals surface area contributed by atoms with Gasteiger partial charge in [0.25, 0.3) is 0 Å². The van der Waals surface area contributed by atoms with Crippen molar-refractivity contribution in [3.8, 4) is 0 Å². The highest BCUT2D eigenvalue weighted by Crippen LogP contribution is 2.25. The van der Waals surface area contributed by atoms with E-state index in [0.29, 0.717) is 16.7 Å². The zero-order valence-electron chi connectivity index (χ0n) is 22.2. The van der Waals surface area contributed by atoms with Crippen LogP contribution in [0.5, 0.6) is 0 Å². The zero-order valence-corrected chi connectivity index (χ0v) is 22.2. The summed E-state index contributed by atoms with van der Waals surface area (Å²) in [7, 11) is 0. The molecule has 1 saturated heterocycles. The first-order valence-corrected chi connectivity index (χ1v) is 12.3. The second-order valence-corrected chi connectivity index (χ2v) is 12.1. The molecule has 0 unspecified atom stereocenters. The first kappa shape index (κ1) is 28.3. The molecule has 0 spiro atoms. The largest absolute Gasteiger partial charge is 0.380 e. The molecule has 1 aliphatic rings. The summed E-state index contributed by atoms with van der Waals surface area (Å²) >= 11 is 0. The Morgan fingerprint density at radius 1 is 1.03 bits per heavy atom. The van der Waals surface area contributed by atoms with Crippen LogP contribution in [0, 0.1) is 17.2 Å². The average molecular weight is 445 g/mol. The molecular formula is C29H49FN2. The van der Waals surface area contributed by atoms with Crippen molar-refractivity contribution in [1.29, 1.82) is 0 Å². The number of hydrogen-bond donors (Lipinski definition) is 1. The highest BCUT2D eigenvalue weighted by Gasteiger charge is 2.18. The van der Waals surface area contributed by atoms with Crippen LogP contribution in [0.4, 0.5) is 4.39 Å². The first-order chi connectivity index (χ1) is 14.7. The van der Waals surface area contributed by atoms with Gasteiger partial charge in [0.2, 0.25) is 0 Å². The second kappa shape index (κ2) is 12.5. The van der Waals surface area contributed by atoms with E-state index in [-0.39, 0.29) is 11.4 Å². The number of likely N-dealkylation sites (tertiary alicyclic amines) is 1. The van der Waals surface area contributed by atoms with E-state index in [9.17, 15) is 4.39 Å². The van der Waals surface area contributed by atoms with E-state index in [4.69, 9.17) is 0 Å². The number of nitrogens with zero attached hydrogens (tertiary/aromatic N) is 1. The van der Waals surface area contributed by atoms with Crippen LogP contribution in [0.2, 0.25) is 0 Å². The van der Waals surface area contributed by atoms with Gasteiger partial charge in [0, 0.05) is 35.6 Å². The lowest BCUT2D eigenvalue weighted by Crippen LogP contribution is -2.34. The molecule has 0 bridgehead atoms. The number of halogens is 1. The summed E-state index contributed by atoms with van der Waals surface area (Å²) in [5, 5.41) is 3.25. The van der Waals surface area contributed by atoms with Crippen LogP contribution in [-0.4, -0.2) is 23.5 Å². The van der Waals surface area contributed by atoms with Gasteiger partial charge in [-0.05, 0) is 82.4 Å². The van der Waals surface area contributed by atoms with E-state index < -0.39 is 0 Å². The predicted octanol–water partition coefficient (Wildman–Crippen LogP) is 8.20. The predicted molar refractivity (Wildman–Crippen MR) is 140 cm³/mol. The highest BCUT2D eigenvalue weighted by molar-refractivity contribution is 5.63. The van der Waals surface area contributed by atoms with Gasteiger partial charge in [-0.2, -0.15) is 0 Å². The first-order valence-electron chi connectivity index (χ1n) is 12.3. The number of benzene rings is 1. The van der Waals surface area contributed by atoms with Gasteiger partial charge in [0.15, 0.2) is 0 Å². The van der Waals surface area contributed by atoms with Gasteiger partial charge < -0.3 is 10.2 Å². The van der Waals surface area contributed by atoms with Gasteiger partial charge in [-0.1, -0.05) is 59.8 Å². The van der Waals surface area contributed by atoms with Crippen LogP contribution in [0.15, 0.2) is 37.1 Å². The van der Waals surface area contributed by atoms with Crippen molar-refractivity contribution in [1.82, 2.24) is 10.2 Å². The number of aryl methyl sites for hydroxylation is 1. The summed E-state index contributed by atoms with van der Waals surface area (Å²) in [5.41, 5.74) is 3.87. The fourth-order valence-electron chi connectivity index (χ4n) is 3.84. The maximum absolute atomic E-state index is 14.5. The third-order valence-electron chi connectivity index (χ3n) is 5.37. The molecule has 3 heteroatoms. The van der Waals surface area contributed by atoms with Crippen molar-refractivity contribution in [3.05, 3.63) is 54.0 Å². The fraction of sp³-hybridized carbons (Fsp3) is 0.655. The summed E-state index contributed by atoms with van der Waals surface area (Å²) in [5.74, 6) is 0.660. The van der Waals surface area contributed by atoms with Crippen molar-refractivity contribution >= 4 is 5.70 Å². The quantitative estimate of drug-likeness (QED) is 0.406. The number of unbranched alkanes of at least 4 members (excludes halogenated alkanes) is 1. The number of allylic oxidation sites excluding steroid dienone is 1. The minimum Gasteiger partial charge on any atom is -0.380 e.